The van der Waals surface area contributed by atoms with Gasteiger partial charge in [-0.15, -0.1) is 0 Å². The number of aromatic nitrogens is 4. The van der Waals surface area contributed by atoms with Crippen LogP contribution in [0.4, 0.5) is 0 Å². The molecule has 0 unspecified atom stereocenters. The molecule has 6 rings (SSSR count). The summed E-state index contributed by atoms with van der Waals surface area (Å²) in [5.41, 5.74) is 7.25. The second kappa shape index (κ2) is 13.7. The van der Waals surface area contributed by atoms with Gasteiger partial charge in [-0.3, -0.25) is 18.9 Å². The molecule has 3 heterocycles. The number of hydrogen-bond acceptors (Lipinski definition) is 6. The molecule has 1 radical (unpaired) electrons. The molecule has 9 heteroatoms. The van der Waals surface area contributed by atoms with Crippen molar-refractivity contribution in [2.45, 2.75) is 58.8 Å². The summed E-state index contributed by atoms with van der Waals surface area (Å²) in [5.74, 6) is 1.55. The maximum atomic E-state index is 14.3. The van der Waals surface area contributed by atoms with E-state index in [0.29, 0.717) is 18.9 Å². The second-order valence-corrected chi connectivity index (χ2v) is 11.0. The van der Waals surface area contributed by atoms with Crippen molar-refractivity contribution < 1.29 is 9.26 Å². The quantitative estimate of drug-likeness (QED) is 0.213. The van der Waals surface area contributed by atoms with Gasteiger partial charge in [0.15, 0.2) is 5.82 Å². The minimum absolute atomic E-state index is 0. The van der Waals surface area contributed by atoms with E-state index >= 15 is 0 Å². The zero-order valence-corrected chi connectivity index (χ0v) is 28.3. The van der Waals surface area contributed by atoms with E-state index in [-0.39, 0.29) is 62.9 Å². The monoisotopic (exact) mass is 601 g/mol. The van der Waals surface area contributed by atoms with Crippen LogP contribution in [0.1, 0.15) is 67.7 Å². The van der Waals surface area contributed by atoms with Crippen LogP contribution in [0.5, 0.6) is 5.75 Å². The number of ether oxygens (including phenoxy) is 1. The molecule has 1 aliphatic rings. The van der Waals surface area contributed by atoms with Crippen LogP contribution in [0, 0.1) is 0 Å². The molecule has 1 N–H and O–H groups in total. The van der Waals surface area contributed by atoms with Crippen LogP contribution < -0.4 is 16.1 Å². The third kappa shape index (κ3) is 6.56. The predicted octanol–water partition coefficient (Wildman–Crippen LogP) is 5.85. The zero-order chi connectivity index (χ0) is 29.2. The summed E-state index contributed by atoms with van der Waals surface area (Å²) in [5, 5.41) is 3.87. The summed E-state index contributed by atoms with van der Waals surface area (Å²) in [6.45, 7) is 7.00. The van der Waals surface area contributed by atoms with Crippen LogP contribution in [0.2, 0.25) is 0 Å². The third-order valence-corrected chi connectivity index (χ3v) is 7.77. The van der Waals surface area contributed by atoms with Gasteiger partial charge in [0, 0.05) is 81.3 Å². The SMILES string of the molecule is CCCCc1nc(C(C)C)n(-c2ccc3c(c2)CCO3)c(=O)c1Cc1ccc(-c2ccccc2-c2noc(=O)[nH]2)cc1.[K]. The molecule has 215 valence electrons. The molecule has 3 aromatic carbocycles. The number of nitrogens with one attached hydrogen (secondary N) is 1. The van der Waals surface area contributed by atoms with Crippen LogP contribution >= 0.6 is 0 Å². The first-order valence-corrected chi connectivity index (χ1v) is 14.6. The number of rotatable bonds is 9. The van der Waals surface area contributed by atoms with Crippen molar-refractivity contribution in [1.29, 1.82) is 0 Å². The molecule has 5 aromatic rings. The van der Waals surface area contributed by atoms with E-state index in [0.717, 1.165) is 82.0 Å². The fourth-order valence-electron chi connectivity index (χ4n) is 5.59. The topological polar surface area (TPSA) is 103 Å². The molecule has 1 aliphatic heterocycles. The fraction of sp³-hybridized carbons (Fsp3) is 0.294. The van der Waals surface area contributed by atoms with Crippen molar-refractivity contribution in [1.82, 2.24) is 19.7 Å². The van der Waals surface area contributed by atoms with Gasteiger partial charge in [0.05, 0.1) is 18.0 Å². The van der Waals surface area contributed by atoms with E-state index in [4.69, 9.17) is 14.2 Å². The van der Waals surface area contributed by atoms with Crippen LogP contribution in [0.25, 0.3) is 28.2 Å². The van der Waals surface area contributed by atoms with Crippen molar-refractivity contribution in [2.75, 3.05) is 6.61 Å². The van der Waals surface area contributed by atoms with Crippen molar-refractivity contribution >= 4 is 51.4 Å². The molecule has 0 bridgehead atoms. The summed E-state index contributed by atoms with van der Waals surface area (Å²) in [6.07, 6.45) is 4.08. The number of aromatic amines is 1. The minimum Gasteiger partial charge on any atom is -0.493 e. The van der Waals surface area contributed by atoms with E-state index in [2.05, 4.69) is 37.0 Å². The average Bonchev–Trinajstić information content (AvgIpc) is 3.66. The molecule has 0 amide bonds. The molecular formula is C34H34KN4O4. The van der Waals surface area contributed by atoms with Gasteiger partial charge < -0.3 is 4.74 Å². The normalized spacial score (nSPS) is 12.2. The summed E-state index contributed by atoms with van der Waals surface area (Å²) in [7, 11) is 0. The van der Waals surface area contributed by atoms with Gasteiger partial charge in [-0.1, -0.05) is 80.9 Å². The van der Waals surface area contributed by atoms with Gasteiger partial charge >= 0.3 is 5.76 Å². The molecular weight excluding hydrogens is 567 g/mol. The fourth-order valence-corrected chi connectivity index (χ4v) is 5.59. The summed E-state index contributed by atoms with van der Waals surface area (Å²) in [6, 6.07) is 21.9. The van der Waals surface area contributed by atoms with Gasteiger partial charge in [-0.05, 0) is 53.3 Å². The molecule has 0 atom stereocenters. The average molecular weight is 602 g/mol. The molecule has 0 saturated carbocycles. The van der Waals surface area contributed by atoms with Crippen molar-refractivity contribution in [3.05, 3.63) is 116 Å². The summed E-state index contributed by atoms with van der Waals surface area (Å²) in [4.78, 5) is 33.6. The number of benzene rings is 3. The smallest absolute Gasteiger partial charge is 0.439 e. The second-order valence-electron chi connectivity index (χ2n) is 11.0. The molecule has 0 saturated heterocycles. The van der Waals surface area contributed by atoms with Crippen molar-refractivity contribution in [2.24, 2.45) is 0 Å². The van der Waals surface area contributed by atoms with Gasteiger partial charge in [-0.25, -0.2) is 9.78 Å². The number of fused-ring (bicyclic) bond motifs is 1. The Morgan fingerprint density at radius 2 is 1.77 bits per heavy atom. The Kier molecular flexibility index (Phi) is 9.98. The van der Waals surface area contributed by atoms with E-state index in [1.807, 2.05) is 60.7 Å². The van der Waals surface area contributed by atoms with Crippen LogP contribution in [-0.4, -0.2) is 77.7 Å². The Labute approximate surface area is 292 Å². The maximum absolute atomic E-state index is 14.3. The first-order valence-electron chi connectivity index (χ1n) is 14.6. The minimum atomic E-state index is -0.593. The maximum Gasteiger partial charge on any atom is 0.439 e. The Bertz CT molecular complexity index is 1850. The van der Waals surface area contributed by atoms with Crippen LogP contribution in [0.15, 0.2) is 80.8 Å². The van der Waals surface area contributed by atoms with Crippen LogP contribution in [-0.2, 0) is 19.3 Å². The largest absolute Gasteiger partial charge is 0.493 e. The zero-order valence-electron chi connectivity index (χ0n) is 25.1. The van der Waals surface area contributed by atoms with Gasteiger partial charge in [0.1, 0.15) is 11.6 Å². The number of H-pyrrole nitrogens is 1. The third-order valence-electron chi connectivity index (χ3n) is 7.77. The number of hydrogen-bond donors (Lipinski definition) is 1. The number of aryl methyl sites for hydroxylation is 1. The summed E-state index contributed by atoms with van der Waals surface area (Å²) >= 11 is 0. The van der Waals surface area contributed by atoms with Crippen molar-refractivity contribution in [3.8, 4) is 34.0 Å². The molecule has 2 aromatic heterocycles. The molecule has 0 spiro atoms. The van der Waals surface area contributed by atoms with Crippen molar-refractivity contribution in [3.63, 3.8) is 0 Å². The van der Waals surface area contributed by atoms with E-state index in [9.17, 15) is 9.59 Å². The van der Waals surface area contributed by atoms with Gasteiger partial charge in [-0.2, -0.15) is 0 Å². The molecule has 0 fully saturated rings. The Morgan fingerprint density at radius 1 is 1.00 bits per heavy atom. The molecule has 0 aliphatic carbocycles. The summed E-state index contributed by atoms with van der Waals surface area (Å²) < 4.78 is 12.2. The Hall–Kier alpha value is -3.08. The van der Waals surface area contributed by atoms with E-state index < -0.39 is 5.76 Å². The Balaban J connectivity index is 0.00000368. The predicted molar refractivity (Wildman–Crippen MR) is 168 cm³/mol. The Morgan fingerprint density at radius 3 is 2.47 bits per heavy atom. The van der Waals surface area contributed by atoms with Gasteiger partial charge in [0.2, 0.25) is 0 Å². The standard InChI is InChI=1S/C34H34N4O4.K/c1-4-5-10-29-28(33(39)38(32(35-29)21(2)3)25-15-16-30-24(20-25)17-18-41-30)19-22-11-13-23(14-12-22)26-8-6-7-9-27(26)31-36-34(40)42-37-31;/h6-9,11-16,20-21H,4-5,10,17-19H2,1-3H3,(H,36,37,40);. The van der Waals surface area contributed by atoms with E-state index in [1.165, 1.54) is 0 Å². The first-order chi connectivity index (χ1) is 20.4. The number of nitrogens with zero attached hydrogens (tertiary/aromatic N) is 3. The van der Waals surface area contributed by atoms with E-state index in [1.54, 1.807) is 4.57 Å². The first kappa shape index (κ1) is 31.3. The van der Waals surface area contributed by atoms with Crippen LogP contribution in [0.3, 0.4) is 0 Å². The molecule has 43 heavy (non-hydrogen) atoms. The molecule has 8 nitrogen and oxygen atoms in total. The van der Waals surface area contributed by atoms with Gasteiger partial charge in [0.25, 0.3) is 5.56 Å². The number of unbranched alkanes of at least 4 members (excludes halogenated alkanes) is 1.